The molecule has 8 heteroatoms. The van der Waals surface area contributed by atoms with Crippen molar-refractivity contribution in [2.75, 3.05) is 26.4 Å². The molecule has 1 aliphatic rings. The van der Waals surface area contributed by atoms with Crippen LogP contribution >= 0.6 is 11.8 Å². The Balaban J connectivity index is 2.18. The molecule has 0 saturated carbocycles. The summed E-state index contributed by atoms with van der Waals surface area (Å²) in [6.45, 7) is 6.35. The second-order valence-corrected chi connectivity index (χ2v) is 6.56. The lowest BCUT2D eigenvalue weighted by atomic mass is 10.2. The first-order valence-electron chi connectivity index (χ1n) is 8.80. The van der Waals surface area contributed by atoms with Crippen LogP contribution in [0.5, 0.6) is 11.5 Å². The molecular formula is C19H23NO6S. The second kappa shape index (κ2) is 10.0. The van der Waals surface area contributed by atoms with Gasteiger partial charge in [-0.1, -0.05) is 13.0 Å². The Bertz CT molecular complexity index is 746. The number of amides is 2. The van der Waals surface area contributed by atoms with Gasteiger partial charge in [0.15, 0.2) is 18.1 Å². The maximum absolute atomic E-state index is 12.3. The molecular weight excluding hydrogens is 370 g/mol. The Kier molecular flexibility index (Phi) is 7.72. The van der Waals surface area contributed by atoms with Crippen molar-refractivity contribution < 1.29 is 28.6 Å². The van der Waals surface area contributed by atoms with Gasteiger partial charge in [-0.05, 0) is 55.8 Å². The molecule has 1 fully saturated rings. The van der Waals surface area contributed by atoms with E-state index in [0.717, 1.165) is 11.8 Å². The SMILES string of the molecule is CCCN1C(=O)S/C(=C/c2ccc(OCC(=O)OCC)c(OCC)c2)C1=O. The molecule has 0 radical (unpaired) electrons. The molecule has 0 spiro atoms. The summed E-state index contributed by atoms with van der Waals surface area (Å²) in [6.07, 6.45) is 2.37. The standard InChI is InChI=1S/C19H23NO6S/c1-4-9-20-18(22)16(27-19(20)23)11-13-7-8-14(15(10-13)24-5-2)26-12-17(21)25-6-3/h7-8,10-11H,4-6,9,12H2,1-3H3/b16-11+. The fraction of sp³-hybridized carbons (Fsp3) is 0.421. The Morgan fingerprint density at radius 3 is 2.56 bits per heavy atom. The summed E-state index contributed by atoms with van der Waals surface area (Å²) in [5.74, 6) is 0.102. The van der Waals surface area contributed by atoms with Crippen molar-refractivity contribution in [3.8, 4) is 11.5 Å². The van der Waals surface area contributed by atoms with Gasteiger partial charge in [-0.15, -0.1) is 0 Å². The largest absolute Gasteiger partial charge is 0.490 e. The minimum Gasteiger partial charge on any atom is -0.490 e. The van der Waals surface area contributed by atoms with Crippen LogP contribution in [0.1, 0.15) is 32.8 Å². The molecule has 0 unspecified atom stereocenters. The van der Waals surface area contributed by atoms with Crippen molar-refractivity contribution in [1.29, 1.82) is 0 Å². The molecule has 146 valence electrons. The fourth-order valence-electron chi connectivity index (χ4n) is 2.41. The smallest absolute Gasteiger partial charge is 0.344 e. The molecule has 0 atom stereocenters. The number of ether oxygens (including phenoxy) is 3. The molecule has 2 amide bonds. The Morgan fingerprint density at radius 1 is 1.11 bits per heavy atom. The lowest BCUT2D eigenvalue weighted by Gasteiger charge is -2.12. The first-order chi connectivity index (χ1) is 13.0. The van der Waals surface area contributed by atoms with Gasteiger partial charge in [0, 0.05) is 6.54 Å². The summed E-state index contributed by atoms with van der Waals surface area (Å²) < 4.78 is 15.9. The van der Waals surface area contributed by atoms with E-state index in [1.807, 2.05) is 13.8 Å². The van der Waals surface area contributed by atoms with Crippen LogP contribution in [0, 0.1) is 0 Å². The van der Waals surface area contributed by atoms with Gasteiger partial charge in [-0.3, -0.25) is 14.5 Å². The van der Waals surface area contributed by atoms with Gasteiger partial charge in [0.05, 0.1) is 18.1 Å². The molecule has 7 nitrogen and oxygen atoms in total. The summed E-state index contributed by atoms with van der Waals surface area (Å²) in [5, 5.41) is -0.257. The van der Waals surface area contributed by atoms with Crippen LogP contribution in [0.15, 0.2) is 23.1 Å². The summed E-state index contributed by atoms with van der Waals surface area (Å²) in [6, 6.07) is 5.10. The van der Waals surface area contributed by atoms with Crippen LogP contribution in [-0.4, -0.2) is 48.4 Å². The number of hydrogen-bond acceptors (Lipinski definition) is 7. The summed E-state index contributed by atoms with van der Waals surface area (Å²) in [7, 11) is 0. The molecule has 1 aliphatic heterocycles. The lowest BCUT2D eigenvalue weighted by molar-refractivity contribution is -0.145. The van der Waals surface area contributed by atoms with E-state index in [1.165, 1.54) is 4.90 Å². The Morgan fingerprint density at radius 2 is 1.89 bits per heavy atom. The number of hydrogen-bond donors (Lipinski definition) is 0. The minimum absolute atomic E-state index is 0.219. The quantitative estimate of drug-likeness (QED) is 0.469. The fourth-order valence-corrected chi connectivity index (χ4v) is 3.27. The molecule has 1 aromatic rings. The van der Waals surface area contributed by atoms with Gasteiger partial charge < -0.3 is 14.2 Å². The number of esters is 1. The van der Waals surface area contributed by atoms with Crippen LogP contribution in [0.4, 0.5) is 4.79 Å². The summed E-state index contributed by atoms with van der Waals surface area (Å²) >= 11 is 0.925. The number of carbonyl (C=O) groups excluding carboxylic acids is 3. The Labute approximate surface area is 162 Å². The number of rotatable bonds is 9. The summed E-state index contributed by atoms with van der Waals surface area (Å²) in [4.78, 5) is 37.4. The number of imide groups is 1. The lowest BCUT2D eigenvalue weighted by Crippen LogP contribution is -2.28. The molecule has 0 aromatic heterocycles. The molecule has 2 rings (SSSR count). The van der Waals surface area contributed by atoms with Crippen LogP contribution < -0.4 is 9.47 Å². The highest BCUT2D eigenvalue weighted by molar-refractivity contribution is 8.18. The maximum atomic E-state index is 12.3. The van der Waals surface area contributed by atoms with Crippen molar-refractivity contribution in [2.24, 2.45) is 0 Å². The number of benzene rings is 1. The van der Waals surface area contributed by atoms with E-state index in [-0.39, 0.29) is 24.4 Å². The number of nitrogens with zero attached hydrogens (tertiary/aromatic N) is 1. The molecule has 0 bridgehead atoms. The molecule has 1 aromatic carbocycles. The minimum atomic E-state index is -0.464. The molecule has 1 heterocycles. The van der Waals surface area contributed by atoms with Gasteiger partial charge in [0.2, 0.25) is 0 Å². The number of thioether (sulfide) groups is 1. The van der Waals surface area contributed by atoms with Crippen molar-refractivity contribution in [3.63, 3.8) is 0 Å². The summed E-state index contributed by atoms with van der Waals surface area (Å²) in [5.41, 5.74) is 0.698. The zero-order chi connectivity index (χ0) is 19.8. The first kappa shape index (κ1) is 20.8. The van der Waals surface area contributed by atoms with E-state index in [2.05, 4.69) is 0 Å². The van der Waals surface area contributed by atoms with Gasteiger partial charge in [-0.25, -0.2) is 4.79 Å². The van der Waals surface area contributed by atoms with E-state index >= 15 is 0 Å². The first-order valence-corrected chi connectivity index (χ1v) is 9.62. The van der Waals surface area contributed by atoms with Crippen LogP contribution in [0.25, 0.3) is 6.08 Å². The highest BCUT2D eigenvalue weighted by Gasteiger charge is 2.34. The average molecular weight is 393 g/mol. The normalized spacial score (nSPS) is 15.4. The highest BCUT2D eigenvalue weighted by Crippen LogP contribution is 2.34. The van der Waals surface area contributed by atoms with Crippen molar-refractivity contribution in [2.45, 2.75) is 27.2 Å². The van der Waals surface area contributed by atoms with E-state index < -0.39 is 5.97 Å². The average Bonchev–Trinajstić information content (AvgIpc) is 2.89. The van der Waals surface area contributed by atoms with E-state index in [9.17, 15) is 14.4 Å². The van der Waals surface area contributed by atoms with Crippen molar-refractivity contribution in [3.05, 3.63) is 28.7 Å². The van der Waals surface area contributed by atoms with Gasteiger partial charge in [0.1, 0.15) is 0 Å². The predicted octanol–water partition coefficient (Wildman–Crippen LogP) is 3.47. The second-order valence-electron chi connectivity index (χ2n) is 5.57. The van der Waals surface area contributed by atoms with Gasteiger partial charge >= 0.3 is 5.97 Å². The topological polar surface area (TPSA) is 82.1 Å². The predicted molar refractivity (Wildman–Crippen MR) is 103 cm³/mol. The Hall–Kier alpha value is -2.48. The third-order valence-electron chi connectivity index (χ3n) is 3.54. The third-order valence-corrected chi connectivity index (χ3v) is 4.44. The van der Waals surface area contributed by atoms with E-state index in [0.29, 0.717) is 41.5 Å². The monoisotopic (exact) mass is 393 g/mol. The molecule has 27 heavy (non-hydrogen) atoms. The highest BCUT2D eigenvalue weighted by atomic mass is 32.2. The molecule has 0 aliphatic carbocycles. The third kappa shape index (κ3) is 5.50. The van der Waals surface area contributed by atoms with Crippen LogP contribution in [0.2, 0.25) is 0 Å². The van der Waals surface area contributed by atoms with Gasteiger partial charge in [-0.2, -0.15) is 0 Å². The van der Waals surface area contributed by atoms with Crippen molar-refractivity contribution in [1.82, 2.24) is 4.90 Å². The zero-order valence-electron chi connectivity index (χ0n) is 15.6. The van der Waals surface area contributed by atoms with E-state index in [4.69, 9.17) is 14.2 Å². The van der Waals surface area contributed by atoms with Crippen LogP contribution in [0.3, 0.4) is 0 Å². The number of carbonyl (C=O) groups is 3. The van der Waals surface area contributed by atoms with Gasteiger partial charge in [0.25, 0.3) is 11.1 Å². The van der Waals surface area contributed by atoms with Crippen molar-refractivity contribution >= 4 is 35.0 Å². The molecule has 1 saturated heterocycles. The van der Waals surface area contributed by atoms with Crippen LogP contribution in [-0.2, 0) is 14.3 Å². The van der Waals surface area contributed by atoms with E-state index in [1.54, 1.807) is 31.2 Å². The zero-order valence-corrected chi connectivity index (χ0v) is 16.5. The maximum Gasteiger partial charge on any atom is 0.344 e. The molecule has 0 N–H and O–H groups in total.